The van der Waals surface area contributed by atoms with Gasteiger partial charge in [-0.15, -0.1) is 0 Å². The van der Waals surface area contributed by atoms with Crippen molar-refractivity contribution in [1.82, 2.24) is 15.2 Å². The first-order chi connectivity index (χ1) is 14.6. The molecule has 2 amide bonds. The summed E-state index contributed by atoms with van der Waals surface area (Å²) in [6, 6.07) is 17.9. The second-order valence-corrected chi connectivity index (χ2v) is 8.29. The predicted molar refractivity (Wildman–Crippen MR) is 120 cm³/mol. The monoisotopic (exact) mass is 403 g/mol. The van der Waals surface area contributed by atoms with Crippen LogP contribution in [0.25, 0.3) is 10.9 Å². The standard InChI is InChI=1S/C25H29N3O2/c1-18-9-8-12-20-15-21(24(29)27-23(18)20)17-28(16-19-10-4-2-5-11-19)25(30)26-22-13-6-3-7-14-22/h2,4-5,8-12,15,22H,3,6-7,13-14,16-17H2,1H3,(H,26,30)(H,27,29). The van der Waals surface area contributed by atoms with E-state index in [1.54, 1.807) is 4.90 Å². The largest absolute Gasteiger partial charge is 0.335 e. The zero-order valence-electron chi connectivity index (χ0n) is 17.5. The topological polar surface area (TPSA) is 65.2 Å². The average Bonchev–Trinajstić information content (AvgIpc) is 2.76. The van der Waals surface area contributed by atoms with E-state index in [0.29, 0.717) is 12.1 Å². The lowest BCUT2D eigenvalue weighted by Crippen LogP contribution is -2.45. The van der Waals surface area contributed by atoms with E-state index in [0.717, 1.165) is 47.7 Å². The predicted octanol–water partition coefficient (Wildman–Crippen LogP) is 4.88. The molecule has 1 aliphatic carbocycles. The van der Waals surface area contributed by atoms with Crippen molar-refractivity contribution >= 4 is 16.9 Å². The molecule has 0 saturated heterocycles. The number of pyridine rings is 1. The van der Waals surface area contributed by atoms with Gasteiger partial charge in [-0.05, 0) is 42.3 Å². The Kier molecular flexibility index (Phi) is 6.17. The summed E-state index contributed by atoms with van der Waals surface area (Å²) >= 11 is 0. The highest BCUT2D eigenvalue weighted by molar-refractivity contribution is 5.82. The van der Waals surface area contributed by atoms with E-state index in [9.17, 15) is 9.59 Å². The number of benzene rings is 2. The van der Waals surface area contributed by atoms with Crippen LogP contribution in [0, 0.1) is 6.92 Å². The first-order valence-electron chi connectivity index (χ1n) is 10.8. The maximum absolute atomic E-state index is 13.2. The van der Waals surface area contributed by atoms with Gasteiger partial charge in [0.1, 0.15) is 0 Å². The summed E-state index contributed by atoms with van der Waals surface area (Å²) in [6.45, 7) is 2.72. The van der Waals surface area contributed by atoms with Gasteiger partial charge in [0, 0.05) is 18.2 Å². The van der Waals surface area contributed by atoms with Crippen LogP contribution in [0.1, 0.15) is 48.8 Å². The fraction of sp³-hybridized carbons (Fsp3) is 0.360. The number of fused-ring (bicyclic) bond motifs is 1. The highest BCUT2D eigenvalue weighted by Crippen LogP contribution is 2.19. The lowest BCUT2D eigenvalue weighted by atomic mass is 9.96. The number of para-hydroxylation sites is 1. The van der Waals surface area contributed by atoms with Crippen molar-refractivity contribution in [3.63, 3.8) is 0 Å². The number of aromatic amines is 1. The number of aryl methyl sites for hydroxylation is 1. The number of urea groups is 1. The van der Waals surface area contributed by atoms with Gasteiger partial charge in [-0.3, -0.25) is 4.79 Å². The summed E-state index contributed by atoms with van der Waals surface area (Å²) in [5.41, 5.74) is 3.40. The molecule has 0 atom stereocenters. The minimum Gasteiger partial charge on any atom is -0.335 e. The third-order valence-electron chi connectivity index (χ3n) is 5.96. The zero-order chi connectivity index (χ0) is 20.9. The van der Waals surface area contributed by atoms with Crippen LogP contribution in [0.15, 0.2) is 59.4 Å². The molecule has 0 bridgehead atoms. The molecule has 0 unspecified atom stereocenters. The van der Waals surface area contributed by atoms with Crippen LogP contribution in [0.3, 0.4) is 0 Å². The molecule has 2 aromatic carbocycles. The maximum atomic E-state index is 13.2. The van der Waals surface area contributed by atoms with Gasteiger partial charge in [-0.1, -0.05) is 67.8 Å². The first kappa shape index (κ1) is 20.2. The summed E-state index contributed by atoms with van der Waals surface area (Å²) in [7, 11) is 0. The SMILES string of the molecule is Cc1cccc2cc(CN(Cc3ccccc3)C(=O)NC3CCCCC3)c(=O)[nH]c12. The minimum atomic E-state index is -0.139. The number of nitrogens with zero attached hydrogens (tertiary/aromatic N) is 1. The van der Waals surface area contributed by atoms with Crippen LogP contribution in [-0.2, 0) is 13.1 Å². The summed E-state index contributed by atoms with van der Waals surface area (Å²) in [5, 5.41) is 4.18. The van der Waals surface area contributed by atoms with Gasteiger partial charge < -0.3 is 15.2 Å². The molecule has 0 aliphatic heterocycles. The minimum absolute atomic E-state index is 0.102. The van der Waals surface area contributed by atoms with Crippen LogP contribution in [0.2, 0.25) is 0 Å². The molecule has 156 valence electrons. The van der Waals surface area contributed by atoms with Crippen molar-refractivity contribution in [3.8, 4) is 0 Å². The Morgan fingerprint density at radius 3 is 2.57 bits per heavy atom. The summed E-state index contributed by atoms with van der Waals surface area (Å²) in [6.07, 6.45) is 5.62. The molecule has 0 radical (unpaired) electrons. The smallest absolute Gasteiger partial charge is 0.318 e. The molecule has 1 saturated carbocycles. The summed E-state index contributed by atoms with van der Waals surface area (Å²) in [5.74, 6) is 0. The molecule has 3 aromatic rings. The number of amides is 2. The van der Waals surface area contributed by atoms with E-state index >= 15 is 0 Å². The Labute approximate surface area is 177 Å². The van der Waals surface area contributed by atoms with E-state index in [2.05, 4.69) is 10.3 Å². The maximum Gasteiger partial charge on any atom is 0.318 e. The zero-order valence-corrected chi connectivity index (χ0v) is 17.5. The van der Waals surface area contributed by atoms with Gasteiger partial charge in [0.05, 0.1) is 12.1 Å². The number of carbonyl (C=O) groups excluding carboxylic acids is 1. The average molecular weight is 404 g/mol. The summed E-state index contributed by atoms with van der Waals surface area (Å²) < 4.78 is 0. The van der Waals surface area contributed by atoms with Crippen molar-refractivity contribution in [2.24, 2.45) is 0 Å². The number of aromatic nitrogens is 1. The van der Waals surface area contributed by atoms with Crippen LogP contribution < -0.4 is 10.9 Å². The van der Waals surface area contributed by atoms with Gasteiger partial charge in [0.25, 0.3) is 5.56 Å². The molecule has 5 nitrogen and oxygen atoms in total. The molecule has 2 N–H and O–H groups in total. The molecule has 1 aliphatic rings. The normalized spacial score (nSPS) is 14.6. The molecule has 4 rings (SSSR count). The number of rotatable bonds is 5. The van der Waals surface area contributed by atoms with E-state index in [1.165, 1.54) is 6.42 Å². The molecule has 0 spiro atoms. The second kappa shape index (κ2) is 9.16. The Hall–Kier alpha value is -3.08. The van der Waals surface area contributed by atoms with Gasteiger partial charge in [-0.25, -0.2) is 4.79 Å². The second-order valence-electron chi connectivity index (χ2n) is 8.29. The lowest BCUT2D eigenvalue weighted by molar-refractivity contribution is 0.184. The van der Waals surface area contributed by atoms with Crippen molar-refractivity contribution in [2.45, 2.75) is 58.2 Å². The molecular formula is C25H29N3O2. The van der Waals surface area contributed by atoms with Gasteiger partial charge in [0.2, 0.25) is 0 Å². The number of carbonyl (C=O) groups is 1. The first-order valence-corrected chi connectivity index (χ1v) is 10.8. The molecular weight excluding hydrogens is 374 g/mol. The van der Waals surface area contributed by atoms with Crippen LogP contribution >= 0.6 is 0 Å². The number of nitrogens with one attached hydrogen (secondary N) is 2. The number of hydrogen-bond donors (Lipinski definition) is 2. The fourth-order valence-corrected chi connectivity index (χ4v) is 4.27. The van der Waals surface area contributed by atoms with E-state index in [1.807, 2.05) is 61.5 Å². The third-order valence-corrected chi connectivity index (χ3v) is 5.96. The highest BCUT2D eigenvalue weighted by atomic mass is 16.2. The van der Waals surface area contributed by atoms with Gasteiger partial charge in [-0.2, -0.15) is 0 Å². The molecule has 1 heterocycles. The highest BCUT2D eigenvalue weighted by Gasteiger charge is 2.21. The van der Waals surface area contributed by atoms with E-state index in [-0.39, 0.29) is 24.2 Å². The Bertz CT molecular complexity index is 1070. The molecule has 1 fully saturated rings. The Morgan fingerprint density at radius 2 is 1.80 bits per heavy atom. The van der Waals surface area contributed by atoms with Gasteiger partial charge in [0.15, 0.2) is 0 Å². The third kappa shape index (κ3) is 4.73. The summed E-state index contributed by atoms with van der Waals surface area (Å²) in [4.78, 5) is 30.7. The van der Waals surface area contributed by atoms with Crippen molar-refractivity contribution in [3.05, 3.63) is 81.6 Å². The van der Waals surface area contributed by atoms with Gasteiger partial charge >= 0.3 is 6.03 Å². The Morgan fingerprint density at radius 1 is 1.03 bits per heavy atom. The lowest BCUT2D eigenvalue weighted by Gasteiger charge is -2.28. The fourth-order valence-electron chi connectivity index (χ4n) is 4.27. The van der Waals surface area contributed by atoms with Crippen LogP contribution in [-0.4, -0.2) is 22.0 Å². The van der Waals surface area contributed by atoms with Crippen LogP contribution in [0.5, 0.6) is 0 Å². The van der Waals surface area contributed by atoms with Crippen molar-refractivity contribution < 1.29 is 4.79 Å². The number of hydrogen-bond acceptors (Lipinski definition) is 2. The van der Waals surface area contributed by atoms with Crippen LogP contribution in [0.4, 0.5) is 4.79 Å². The van der Waals surface area contributed by atoms with E-state index in [4.69, 9.17) is 0 Å². The Balaban J connectivity index is 1.60. The quantitative estimate of drug-likeness (QED) is 0.638. The van der Waals surface area contributed by atoms with Crippen molar-refractivity contribution in [1.29, 1.82) is 0 Å². The molecule has 5 heteroatoms. The molecule has 30 heavy (non-hydrogen) atoms. The van der Waals surface area contributed by atoms with E-state index < -0.39 is 0 Å². The number of H-pyrrole nitrogens is 1. The molecule has 1 aromatic heterocycles. The van der Waals surface area contributed by atoms with Crippen molar-refractivity contribution in [2.75, 3.05) is 0 Å².